The fourth-order valence-corrected chi connectivity index (χ4v) is 2.45. The van der Waals surface area contributed by atoms with Crippen molar-refractivity contribution in [2.24, 2.45) is 0 Å². The Morgan fingerprint density at radius 2 is 1.80 bits per heavy atom. The lowest BCUT2D eigenvalue weighted by Gasteiger charge is -2.23. The summed E-state index contributed by atoms with van der Waals surface area (Å²) in [6, 6.07) is 17.8. The van der Waals surface area contributed by atoms with Crippen LogP contribution >= 0.6 is 0 Å². The average molecular weight is 271 g/mol. The van der Waals surface area contributed by atoms with E-state index in [-0.39, 0.29) is 11.9 Å². The fourth-order valence-electron chi connectivity index (χ4n) is 2.45. The summed E-state index contributed by atoms with van der Waals surface area (Å²) in [5.74, 6) is -0.174. The summed E-state index contributed by atoms with van der Waals surface area (Å²) in [5.41, 5.74) is 2.33. The molecule has 0 saturated carbocycles. The molecule has 1 N–H and O–H groups in total. The Morgan fingerprint density at radius 3 is 2.45 bits per heavy atom. The van der Waals surface area contributed by atoms with E-state index < -0.39 is 0 Å². The number of nitrogens with one attached hydrogen (secondary N) is 1. The summed E-state index contributed by atoms with van der Waals surface area (Å²) in [6.07, 6.45) is 2.05. The van der Waals surface area contributed by atoms with E-state index in [0.29, 0.717) is 6.04 Å². The van der Waals surface area contributed by atoms with Crippen LogP contribution in [0, 0.1) is 5.82 Å². The van der Waals surface area contributed by atoms with Gasteiger partial charge in [-0.05, 0) is 43.0 Å². The zero-order chi connectivity index (χ0) is 14.4. The van der Waals surface area contributed by atoms with Crippen molar-refractivity contribution in [3.8, 4) is 0 Å². The zero-order valence-corrected chi connectivity index (χ0v) is 12.1. The van der Waals surface area contributed by atoms with Crippen molar-refractivity contribution in [2.75, 3.05) is 0 Å². The third-order valence-electron chi connectivity index (χ3n) is 3.65. The molecule has 0 aromatic heterocycles. The Morgan fingerprint density at radius 1 is 1.05 bits per heavy atom. The van der Waals surface area contributed by atoms with E-state index in [1.807, 2.05) is 12.1 Å². The van der Waals surface area contributed by atoms with Crippen LogP contribution in [0.5, 0.6) is 0 Å². The largest absolute Gasteiger partial charge is 0.307 e. The van der Waals surface area contributed by atoms with E-state index in [1.165, 1.54) is 11.6 Å². The van der Waals surface area contributed by atoms with E-state index in [9.17, 15) is 4.39 Å². The second kappa shape index (κ2) is 7.20. The standard InChI is InChI=1S/C18H22FN/c1-3-18(12-15-8-5-4-6-9-15)20-14(2)16-10-7-11-17(19)13-16/h4-11,13-14,18,20H,3,12H2,1-2H3/t14-,18?/m1/s1. The Hall–Kier alpha value is -1.67. The average Bonchev–Trinajstić information content (AvgIpc) is 2.47. The Bertz CT molecular complexity index is 524. The molecule has 20 heavy (non-hydrogen) atoms. The molecule has 2 aromatic rings. The first-order valence-electron chi connectivity index (χ1n) is 7.24. The second-order valence-electron chi connectivity index (χ2n) is 5.24. The molecule has 2 atom stereocenters. The van der Waals surface area contributed by atoms with Crippen molar-refractivity contribution in [3.05, 3.63) is 71.5 Å². The van der Waals surface area contributed by atoms with Crippen LogP contribution in [0.2, 0.25) is 0 Å². The molecule has 0 spiro atoms. The molecule has 0 aliphatic heterocycles. The first-order valence-corrected chi connectivity index (χ1v) is 7.24. The molecule has 0 bridgehead atoms. The molecule has 1 nitrogen and oxygen atoms in total. The molecule has 2 rings (SSSR count). The highest BCUT2D eigenvalue weighted by atomic mass is 19.1. The molecule has 0 amide bonds. The number of benzene rings is 2. The minimum absolute atomic E-state index is 0.152. The van der Waals surface area contributed by atoms with Crippen molar-refractivity contribution in [1.82, 2.24) is 5.32 Å². The third kappa shape index (κ3) is 4.17. The quantitative estimate of drug-likeness (QED) is 0.815. The van der Waals surface area contributed by atoms with Crippen molar-refractivity contribution < 1.29 is 4.39 Å². The molecule has 0 aliphatic rings. The predicted octanol–water partition coefficient (Wildman–Crippen LogP) is 4.50. The van der Waals surface area contributed by atoms with Gasteiger partial charge in [-0.15, -0.1) is 0 Å². The predicted molar refractivity (Wildman–Crippen MR) is 82.2 cm³/mol. The molecule has 2 heteroatoms. The van der Waals surface area contributed by atoms with Crippen LogP contribution in [0.4, 0.5) is 4.39 Å². The summed E-state index contributed by atoms with van der Waals surface area (Å²) >= 11 is 0. The summed E-state index contributed by atoms with van der Waals surface area (Å²) in [5, 5.41) is 3.59. The van der Waals surface area contributed by atoms with Crippen LogP contribution in [0.3, 0.4) is 0 Å². The molecule has 0 saturated heterocycles. The maximum absolute atomic E-state index is 13.3. The van der Waals surface area contributed by atoms with Gasteiger partial charge in [-0.2, -0.15) is 0 Å². The van der Waals surface area contributed by atoms with Crippen LogP contribution in [0.25, 0.3) is 0 Å². The number of hydrogen-bond donors (Lipinski definition) is 1. The minimum atomic E-state index is -0.174. The molecule has 0 heterocycles. The highest BCUT2D eigenvalue weighted by molar-refractivity contribution is 5.20. The summed E-state index contributed by atoms with van der Waals surface area (Å²) in [6.45, 7) is 4.27. The first kappa shape index (κ1) is 14.7. The van der Waals surface area contributed by atoms with Crippen LogP contribution in [-0.2, 0) is 6.42 Å². The van der Waals surface area contributed by atoms with Gasteiger partial charge in [0.25, 0.3) is 0 Å². The molecule has 0 aliphatic carbocycles. The van der Waals surface area contributed by atoms with Gasteiger partial charge in [0, 0.05) is 12.1 Å². The monoisotopic (exact) mass is 271 g/mol. The Labute approximate surface area is 120 Å². The maximum atomic E-state index is 13.3. The highest BCUT2D eigenvalue weighted by Crippen LogP contribution is 2.16. The van der Waals surface area contributed by atoms with E-state index in [2.05, 4.69) is 43.4 Å². The zero-order valence-electron chi connectivity index (χ0n) is 12.1. The lowest BCUT2D eigenvalue weighted by Crippen LogP contribution is -2.32. The Kier molecular flexibility index (Phi) is 5.31. The molecular weight excluding hydrogens is 249 g/mol. The molecule has 0 fully saturated rings. The van der Waals surface area contributed by atoms with E-state index in [1.54, 1.807) is 12.1 Å². The molecule has 1 unspecified atom stereocenters. The number of halogens is 1. The van der Waals surface area contributed by atoms with Gasteiger partial charge in [0.15, 0.2) is 0 Å². The van der Waals surface area contributed by atoms with Crippen molar-refractivity contribution in [1.29, 1.82) is 0 Å². The van der Waals surface area contributed by atoms with E-state index in [0.717, 1.165) is 18.4 Å². The van der Waals surface area contributed by atoms with Gasteiger partial charge in [0.05, 0.1) is 0 Å². The van der Waals surface area contributed by atoms with Gasteiger partial charge >= 0.3 is 0 Å². The fraction of sp³-hybridized carbons (Fsp3) is 0.333. The van der Waals surface area contributed by atoms with Gasteiger partial charge in [0.2, 0.25) is 0 Å². The maximum Gasteiger partial charge on any atom is 0.123 e. The van der Waals surface area contributed by atoms with Crippen LogP contribution in [0.15, 0.2) is 54.6 Å². The molecule has 2 aromatic carbocycles. The van der Waals surface area contributed by atoms with E-state index in [4.69, 9.17) is 0 Å². The number of rotatable bonds is 6. The normalized spacial score (nSPS) is 13.9. The minimum Gasteiger partial charge on any atom is -0.307 e. The van der Waals surface area contributed by atoms with E-state index >= 15 is 0 Å². The smallest absolute Gasteiger partial charge is 0.123 e. The van der Waals surface area contributed by atoms with Gasteiger partial charge in [-0.3, -0.25) is 0 Å². The SMILES string of the molecule is CCC(Cc1ccccc1)N[C@H](C)c1cccc(F)c1. The first-order chi connectivity index (χ1) is 9.69. The Balaban J connectivity index is 1.99. The van der Waals surface area contributed by atoms with Gasteiger partial charge in [-0.1, -0.05) is 49.4 Å². The molecule has 106 valence electrons. The molecular formula is C18H22FN. The van der Waals surface area contributed by atoms with Gasteiger partial charge < -0.3 is 5.32 Å². The topological polar surface area (TPSA) is 12.0 Å². The lowest BCUT2D eigenvalue weighted by atomic mass is 10.0. The van der Waals surface area contributed by atoms with Crippen LogP contribution in [-0.4, -0.2) is 6.04 Å². The number of hydrogen-bond acceptors (Lipinski definition) is 1. The lowest BCUT2D eigenvalue weighted by molar-refractivity contribution is 0.439. The van der Waals surface area contributed by atoms with Gasteiger partial charge in [-0.25, -0.2) is 4.39 Å². The summed E-state index contributed by atoms with van der Waals surface area (Å²) in [7, 11) is 0. The van der Waals surface area contributed by atoms with Crippen LogP contribution < -0.4 is 5.32 Å². The summed E-state index contributed by atoms with van der Waals surface area (Å²) < 4.78 is 13.3. The third-order valence-corrected chi connectivity index (χ3v) is 3.65. The van der Waals surface area contributed by atoms with Crippen molar-refractivity contribution in [3.63, 3.8) is 0 Å². The van der Waals surface area contributed by atoms with Crippen LogP contribution in [0.1, 0.15) is 37.4 Å². The highest BCUT2D eigenvalue weighted by Gasteiger charge is 2.12. The second-order valence-corrected chi connectivity index (χ2v) is 5.24. The van der Waals surface area contributed by atoms with Gasteiger partial charge in [0.1, 0.15) is 5.82 Å². The molecule has 0 radical (unpaired) electrons. The van der Waals surface area contributed by atoms with Crippen molar-refractivity contribution in [2.45, 2.75) is 38.8 Å². The van der Waals surface area contributed by atoms with Crippen molar-refractivity contribution >= 4 is 0 Å². The summed E-state index contributed by atoms with van der Waals surface area (Å²) in [4.78, 5) is 0.